The second-order valence-electron chi connectivity index (χ2n) is 6.84. The molecule has 2 aromatic rings. The number of nitrogens with zero attached hydrogens (tertiary/aromatic N) is 4. The molecule has 0 saturated carbocycles. The molecule has 1 N–H and O–H groups in total. The lowest BCUT2D eigenvalue weighted by molar-refractivity contribution is -0.145. The Hall–Kier alpha value is -1.73. The van der Waals surface area contributed by atoms with E-state index >= 15 is 0 Å². The highest BCUT2D eigenvalue weighted by Crippen LogP contribution is 2.42. The van der Waals surface area contributed by atoms with Crippen LogP contribution in [0.5, 0.6) is 0 Å². The van der Waals surface area contributed by atoms with E-state index in [4.69, 9.17) is 0 Å². The monoisotopic (exact) mass is 346 g/mol. The molecule has 0 bridgehead atoms. The number of amides is 1. The quantitative estimate of drug-likeness (QED) is 0.918. The van der Waals surface area contributed by atoms with Crippen LogP contribution in [0, 0.1) is 12.3 Å². The number of anilines is 1. The summed E-state index contributed by atoms with van der Waals surface area (Å²) >= 11 is 1.68. The molecule has 1 atom stereocenters. The van der Waals surface area contributed by atoms with Crippen molar-refractivity contribution in [1.82, 2.24) is 14.9 Å². The van der Waals surface area contributed by atoms with Gasteiger partial charge in [0.2, 0.25) is 5.91 Å². The number of carbonyl (C=O) groups excluding carboxylic acids is 1. The van der Waals surface area contributed by atoms with E-state index in [2.05, 4.69) is 27.9 Å². The number of likely N-dealkylation sites (tertiary alicyclic amines) is 1. The van der Waals surface area contributed by atoms with E-state index in [1.165, 1.54) is 4.88 Å². The lowest BCUT2D eigenvalue weighted by Gasteiger charge is -2.39. The summed E-state index contributed by atoms with van der Waals surface area (Å²) in [6, 6.07) is 2.14. The maximum Gasteiger partial charge on any atom is 0.230 e. The highest BCUT2D eigenvalue weighted by Gasteiger charge is 2.48. The number of thiophene rings is 1. The first-order valence-corrected chi connectivity index (χ1v) is 9.31. The van der Waals surface area contributed by atoms with Crippen LogP contribution in [0.2, 0.25) is 0 Å². The number of aryl methyl sites for hydroxylation is 1. The van der Waals surface area contributed by atoms with Gasteiger partial charge in [-0.15, -0.1) is 11.3 Å². The number of carbonyl (C=O) groups is 1. The third kappa shape index (κ3) is 2.46. The first kappa shape index (κ1) is 15.8. The number of aliphatic hydroxyl groups excluding tert-OH is 1. The predicted molar refractivity (Wildman–Crippen MR) is 94.3 cm³/mol. The summed E-state index contributed by atoms with van der Waals surface area (Å²) in [7, 11) is 0. The van der Waals surface area contributed by atoms with Crippen LogP contribution in [0.1, 0.15) is 24.1 Å². The summed E-state index contributed by atoms with van der Waals surface area (Å²) in [6.07, 6.45) is 4.43. The maximum atomic E-state index is 12.9. The third-order valence-electron chi connectivity index (χ3n) is 5.28. The zero-order valence-corrected chi connectivity index (χ0v) is 14.7. The SMILES string of the molecule is Cc1cc2c(N3CCC4(CCCN(CCO)C4=O)C3)ncnc2s1. The molecule has 0 radical (unpaired) electrons. The van der Waals surface area contributed by atoms with E-state index in [1.807, 2.05) is 4.90 Å². The molecule has 1 amide bonds. The molecule has 1 spiro atoms. The molecule has 1 unspecified atom stereocenters. The van der Waals surface area contributed by atoms with Crippen LogP contribution in [-0.2, 0) is 4.79 Å². The molecule has 24 heavy (non-hydrogen) atoms. The Labute approximate surface area is 145 Å². The number of rotatable bonds is 3. The zero-order valence-electron chi connectivity index (χ0n) is 13.9. The number of fused-ring (bicyclic) bond motifs is 1. The van der Waals surface area contributed by atoms with Crippen molar-refractivity contribution in [3.8, 4) is 0 Å². The highest BCUT2D eigenvalue weighted by molar-refractivity contribution is 7.18. The molecule has 7 heteroatoms. The number of piperidine rings is 1. The molecular formula is C17H22N4O2S. The minimum absolute atomic E-state index is 0.0340. The Balaban J connectivity index is 1.62. The second-order valence-corrected chi connectivity index (χ2v) is 8.08. The van der Waals surface area contributed by atoms with Gasteiger partial charge < -0.3 is 14.9 Å². The first-order chi connectivity index (χ1) is 11.6. The second kappa shape index (κ2) is 5.97. The summed E-state index contributed by atoms with van der Waals surface area (Å²) in [4.78, 5) is 28.1. The molecular weight excluding hydrogens is 324 g/mol. The van der Waals surface area contributed by atoms with Crippen LogP contribution in [0.4, 0.5) is 5.82 Å². The van der Waals surface area contributed by atoms with Crippen molar-refractivity contribution in [3.05, 3.63) is 17.3 Å². The first-order valence-electron chi connectivity index (χ1n) is 8.49. The lowest BCUT2D eigenvalue weighted by Crippen LogP contribution is -2.50. The van der Waals surface area contributed by atoms with Gasteiger partial charge in [0.15, 0.2) is 0 Å². The van der Waals surface area contributed by atoms with Gasteiger partial charge in [-0.25, -0.2) is 9.97 Å². The van der Waals surface area contributed by atoms with Crippen molar-refractivity contribution >= 4 is 33.3 Å². The number of hydrogen-bond acceptors (Lipinski definition) is 6. The highest BCUT2D eigenvalue weighted by atomic mass is 32.1. The topological polar surface area (TPSA) is 69.6 Å². The van der Waals surface area contributed by atoms with Gasteiger partial charge in [-0.1, -0.05) is 0 Å². The lowest BCUT2D eigenvalue weighted by atomic mass is 9.78. The number of aliphatic hydroxyl groups is 1. The minimum Gasteiger partial charge on any atom is -0.395 e. The predicted octanol–water partition coefficient (Wildman–Crippen LogP) is 1.81. The summed E-state index contributed by atoms with van der Waals surface area (Å²) in [5.41, 5.74) is -0.310. The van der Waals surface area contributed by atoms with Crippen molar-refractivity contribution in [2.24, 2.45) is 5.41 Å². The summed E-state index contributed by atoms with van der Waals surface area (Å²) in [5.74, 6) is 1.16. The molecule has 4 rings (SSSR count). The fraction of sp³-hybridized carbons (Fsp3) is 0.588. The van der Waals surface area contributed by atoms with Crippen molar-refractivity contribution in [2.75, 3.05) is 37.7 Å². The Kier molecular flexibility index (Phi) is 3.92. The van der Waals surface area contributed by atoms with Crippen LogP contribution in [0.15, 0.2) is 12.4 Å². The Morgan fingerprint density at radius 2 is 2.21 bits per heavy atom. The van der Waals surface area contributed by atoms with Crippen molar-refractivity contribution in [2.45, 2.75) is 26.2 Å². The molecule has 0 aliphatic carbocycles. The molecule has 128 valence electrons. The molecule has 2 saturated heterocycles. The molecule has 2 aliphatic heterocycles. The van der Waals surface area contributed by atoms with Gasteiger partial charge in [0.1, 0.15) is 17.0 Å². The fourth-order valence-electron chi connectivity index (χ4n) is 4.13. The van der Waals surface area contributed by atoms with Gasteiger partial charge in [-0.2, -0.15) is 0 Å². The Morgan fingerprint density at radius 1 is 1.33 bits per heavy atom. The number of β-amino-alcohol motifs (C(OH)–C–C–N with tert-alkyl or cyclic N) is 1. The van der Waals surface area contributed by atoms with Gasteiger partial charge in [-0.05, 0) is 32.3 Å². The van der Waals surface area contributed by atoms with E-state index in [9.17, 15) is 9.90 Å². The standard InChI is InChI=1S/C17H22N4O2S/c1-12-9-13-14(18-11-19-15(13)24-12)21-6-4-17(10-21)3-2-5-20(7-8-22)16(17)23/h9,11,22H,2-8,10H2,1H3. The van der Waals surface area contributed by atoms with Gasteiger partial charge >= 0.3 is 0 Å². The largest absolute Gasteiger partial charge is 0.395 e. The van der Waals surface area contributed by atoms with E-state index in [0.717, 1.165) is 54.9 Å². The van der Waals surface area contributed by atoms with Crippen LogP contribution in [0.3, 0.4) is 0 Å². The Bertz CT molecular complexity index is 775. The molecule has 4 heterocycles. The van der Waals surface area contributed by atoms with E-state index in [1.54, 1.807) is 17.7 Å². The molecule has 2 aliphatic rings. The van der Waals surface area contributed by atoms with E-state index in [0.29, 0.717) is 6.54 Å². The van der Waals surface area contributed by atoms with Gasteiger partial charge in [0, 0.05) is 31.1 Å². The van der Waals surface area contributed by atoms with Crippen molar-refractivity contribution < 1.29 is 9.90 Å². The summed E-state index contributed by atoms with van der Waals surface area (Å²) in [6.45, 7) is 4.89. The molecule has 6 nitrogen and oxygen atoms in total. The normalized spacial score (nSPS) is 24.5. The number of hydrogen-bond donors (Lipinski definition) is 1. The Morgan fingerprint density at radius 3 is 3.04 bits per heavy atom. The third-order valence-corrected chi connectivity index (χ3v) is 6.24. The smallest absolute Gasteiger partial charge is 0.230 e. The average molecular weight is 346 g/mol. The van der Waals surface area contributed by atoms with Crippen LogP contribution in [-0.4, -0.2) is 58.7 Å². The van der Waals surface area contributed by atoms with Crippen molar-refractivity contribution in [1.29, 1.82) is 0 Å². The van der Waals surface area contributed by atoms with Crippen LogP contribution < -0.4 is 4.90 Å². The average Bonchev–Trinajstić information content (AvgIpc) is 3.15. The van der Waals surface area contributed by atoms with Gasteiger partial charge in [0.05, 0.1) is 17.4 Å². The summed E-state index contributed by atoms with van der Waals surface area (Å²) < 4.78 is 0. The zero-order chi connectivity index (χ0) is 16.7. The van der Waals surface area contributed by atoms with Gasteiger partial charge in [0.25, 0.3) is 0 Å². The van der Waals surface area contributed by atoms with Crippen molar-refractivity contribution in [3.63, 3.8) is 0 Å². The fourth-order valence-corrected chi connectivity index (χ4v) is 4.98. The maximum absolute atomic E-state index is 12.9. The van der Waals surface area contributed by atoms with Gasteiger partial charge in [-0.3, -0.25) is 4.79 Å². The van der Waals surface area contributed by atoms with E-state index < -0.39 is 0 Å². The van der Waals surface area contributed by atoms with Crippen LogP contribution in [0.25, 0.3) is 10.2 Å². The van der Waals surface area contributed by atoms with E-state index in [-0.39, 0.29) is 17.9 Å². The molecule has 2 aromatic heterocycles. The summed E-state index contributed by atoms with van der Waals surface area (Å²) in [5, 5.41) is 10.3. The van der Waals surface area contributed by atoms with Crippen LogP contribution >= 0.6 is 11.3 Å². The number of aromatic nitrogens is 2. The molecule has 0 aromatic carbocycles. The minimum atomic E-state index is -0.310. The molecule has 2 fully saturated rings.